The lowest BCUT2D eigenvalue weighted by Crippen LogP contribution is -2.27. The highest BCUT2D eigenvalue weighted by Crippen LogP contribution is 2.27. The Hall–Kier alpha value is -0.893. The van der Waals surface area contributed by atoms with Crippen molar-refractivity contribution in [2.45, 2.75) is 25.7 Å². The van der Waals surface area contributed by atoms with Crippen LogP contribution in [-0.4, -0.2) is 8.32 Å². The van der Waals surface area contributed by atoms with E-state index in [1.807, 2.05) is 25.7 Å². The molecule has 0 amide bonds. The maximum absolute atomic E-state index is 13.7. The number of rotatable bonds is 3. The molecule has 0 fully saturated rings. The minimum atomic E-state index is -1.90. The standard InChI is InChI=1S/C11H13ClFNOSi/c1-16(2,3)15-10(7-14)8-5-4-6-9(12)11(8)13/h4-6,10H,1-3H3. The van der Waals surface area contributed by atoms with E-state index in [0.717, 1.165) is 0 Å². The lowest BCUT2D eigenvalue weighted by molar-refractivity contribution is 0.249. The number of hydrogen-bond acceptors (Lipinski definition) is 2. The zero-order chi connectivity index (χ0) is 12.3. The topological polar surface area (TPSA) is 33.0 Å². The first-order valence-electron chi connectivity index (χ1n) is 4.86. The van der Waals surface area contributed by atoms with Crippen LogP contribution in [0, 0.1) is 17.1 Å². The molecule has 1 atom stereocenters. The molecule has 1 unspecified atom stereocenters. The largest absolute Gasteiger partial charge is 0.399 e. The fourth-order valence-electron chi connectivity index (χ4n) is 1.24. The van der Waals surface area contributed by atoms with Crippen LogP contribution in [0.15, 0.2) is 18.2 Å². The molecule has 0 N–H and O–H groups in total. The van der Waals surface area contributed by atoms with Crippen LogP contribution < -0.4 is 0 Å². The van der Waals surface area contributed by atoms with Crippen molar-refractivity contribution in [3.8, 4) is 6.07 Å². The van der Waals surface area contributed by atoms with Crippen molar-refractivity contribution in [2.24, 2.45) is 0 Å². The van der Waals surface area contributed by atoms with Crippen LogP contribution in [0.2, 0.25) is 24.7 Å². The monoisotopic (exact) mass is 257 g/mol. The molecule has 86 valence electrons. The number of nitrogens with zero attached hydrogens (tertiary/aromatic N) is 1. The van der Waals surface area contributed by atoms with E-state index in [4.69, 9.17) is 21.3 Å². The molecule has 0 aliphatic carbocycles. The van der Waals surface area contributed by atoms with Gasteiger partial charge >= 0.3 is 0 Å². The van der Waals surface area contributed by atoms with Crippen LogP contribution in [0.5, 0.6) is 0 Å². The summed E-state index contributed by atoms with van der Waals surface area (Å²) in [5.74, 6) is -0.575. The van der Waals surface area contributed by atoms with Gasteiger partial charge in [0.25, 0.3) is 0 Å². The second-order valence-electron chi connectivity index (χ2n) is 4.38. The van der Waals surface area contributed by atoms with Crippen LogP contribution in [0.3, 0.4) is 0 Å². The van der Waals surface area contributed by atoms with E-state index >= 15 is 0 Å². The first-order valence-corrected chi connectivity index (χ1v) is 8.65. The summed E-state index contributed by atoms with van der Waals surface area (Å²) in [6, 6.07) is 6.54. The molecule has 1 aromatic carbocycles. The van der Waals surface area contributed by atoms with Gasteiger partial charge in [0.15, 0.2) is 14.4 Å². The summed E-state index contributed by atoms with van der Waals surface area (Å²) < 4.78 is 19.3. The lowest BCUT2D eigenvalue weighted by Gasteiger charge is -2.22. The predicted octanol–water partition coefficient (Wildman–Crippen LogP) is 3.90. The van der Waals surface area contributed by atoms with E-state index in [0.29, 0.717) is 0 Å². The fourth-order valence-corrected chi connectivity index (χ4v) is 2.30. The van der Waals surface area contributed by atoms with Gasteiger partial charge < -0.3 is 4.43 Å². The summed E-state index contributed by atoms with van der Waals surface area (Å²) >= 11 is 5.66. The summed E-state index contributed by atoms with van der Waals surface area (Å²) in [6.07, 6.45) is -0.884. The van der Waals surface area contributed by atoms with Gasteiger partial charge in [0.05, 0.1) is 11.1 Å². The maximum atomic E-state index is 13.7. The Morgan fingerprint density at radius 3 is 2.56 bits per heavy atom. The van der Waals surface area contributed by atoms with E-state index in [1.54, 1.807) is 6.07 Å². The van der Waals surface area contributed by atoms with E-state index in [2.05, 4.69) is 0 Å². The summed E-state index contributed by atoms with van der Waals surface area (Å²) in [5.41, 5.74) is 0.206. The SMILES string of the molecule is C[Si](C)(C)OC(C#N)c1cccc(Cl)c1F. The number of nitriles is 1. The molecule has 0 radical (unpaired) electrons. The molecule has 0 aliphatic rings. The van der Waals surface area contributed by atoms with Crippen LogP contribution in [0.4, 0.5) is 4.39 Å². The second kappa shape index (κ2) is 4.96. The first kappa shape index (κ1) is 13.2. The van der Waals surface area contributed by atoms with E-state index < -0.39 is 20.2 Å². The second-order valence-corrected chi connectivity index (χ2v) is 9.25. The van der Waals surface area contributed by atoms with Crippen LogP contribution in [-0.2, 0) is 4.43 Å². The molecule has 5 heteroatoms. The van der Waals surface area contributed by atoms with Gasteiger partial charge in [-0.25, -0.2) is 4.39 Å². The molecule has 0 aliphatic heterocycles. The lowest BCUT2D eigenvalue weighted by atomic mass is 10.1. The maximum Gasteiger partial charge on any atom is 0.186 e. The summed E-state index contributed by atoms with van der Waals surface area (Å²) in [4.78, 5) is 0. The molecule has 0 spiro atoms. The molecule has 1 aromatic rings. The Bertz CT molecular complexity index is 425. The Balaban J connectivity index is 3.06. The summed E-state index contributed by atoms with van der Waals surface area (Å²) in [6.45, 7) is 5.83. The minimum absolute atomic E-state index is 0.0110. The predicted molar refractivity (Wildman–Crippen MR) is 64.2 cm³/mol. The third-order valence-electron chi connectivity index (χ3n) is 1.85. The molecular formula is C11H13ClFNOSi. The molecule has 1 rings (SSSR count). The van der Waals surface area contributed by atoms with Gasteiger partial charge in [-0.2, -0.15) is 5.26 Å². The third kappa shape index (κ3) is 3.31. The molecule has 2 nitrogen and oxygen atoms in total. The van der Waals surface area contributed by atoms with Gasteiger partial charge in [-0.15, -0.1) is 0 Å². The van der Waals surface area contributed by atoms with Crippen molar-refractivity contribution in [2.75, 3.05) is 0 Å². The minimum Gasteiger partial charge on any atom is -0.399 e. The van der Waals surface area contributed by atoms with Crippen molar-refractivity contribution < 1.29 is 8.82 Å². The van der Waals surface area contributed by atoms with E-state index in [-0.39, 0.29) is 10.6 Å². The van der Waals surface area contributed by atoms with Crippen molar-refractivity contribution in [1.29, 1.82) is 5.26 Å². The van der Waals surface area contributed by atoms with Gasteiger partial charge in [-0.05, 0) is 25.7 Å². The Morgan fingerprint density at radius 2 is 2.06 bits per heavy atom. The average Bonchev–Trinajstić information content (AvgIpc) is 2.18. The normalized spacial score (nSPS) is 13.2. The van der Waals surface area contributed by atoms with Crippen molar-refractivity contribution in [3.63, 3.8) is 0 Å². The zero-order valence-electron chi connectivity index (χ0n) is 9.42. The van der Waals surface area contributed by atoms with Gasteiger partial charge in [0.1, 0.15) is 5.82 Å². The Labute approximate surface area is 101 Å². The van der Waals surface area contributed by atoms with Gasteiger partial charge in [0.2, 0.25) is 0 Å². The van der Waals surface area contributed by atoms with Crippen LogP contribution in [0.25, 0.3) is 0 Å². The van der Waals surface area contributed by atoms with E-state index in [1.165, 1.54) is 12.1 Å². The molecule has 0 bridgehead atoms. The van der Waals surface area contributed by atoms with Crippen molar-refractivity contribution in [1.82, 2.24) is 0 Å². The number of benzene rings is 1. The molecule has 0 saturated heterocycles. The fraction of sp³-hybridized carbons (Fsp3) is 0.364. The highest BCUT2D eigenvalue weighted by atomic mass is 35.5. The highest BCUT2D eigenvalue weighted by Gasteiger charge is 2.24. The van der Waals surface area contributed by atoms with Crippen LogP contribution >= 0.6 is 11.6 Å². The number of hydrogen-bond donors (Lipinski definition) is 0. The first-order chi connectivity index (χ1) is 7.35. The quantitative estimate of drug-likeness (QED) is 0.770. The van der Waals surface area contributed by atoms with Gasteiger partial charge in [0, 0.05) is 5.56 Å². The molecule has 0 saturated carbocycles. The van der Waals surface area contributed by atoms with Gasteiger partial charge in [-0.3, -0.25) is 0 Å². The van der Waals surface area contributed by atoms with Crippen molar-refractivity contribution in [3.05, 3.63) is 34.6 Å². The number of halogens is 2. The Morgan fingerprint density at radius 1 is 1.44 bits per heavy atom. The molecule has 0 aromatic heterocycles. The van der Waals surface area contributed by atoms with Crippen LogP contribution in [0.1, 0.15) is 11.7 Å². The van der Waals surface area contributed by atoms with Crippen molar-refractivity contribution >= 4 is 19.9 Å². The average molecular weight is 258 g/mol. The smallest absolute Gasteiger partial charge is 0.186 e. The van der Waals surface area contributed by atoms with Gasteiger partial charge in [-0.1, -0.05) is 23.7 Å². The summed E-state index contributed by atoms with van der Waals surface area (Å²) in [7, 11) is -1.90. The molecule has 16 heavy (non-hydrogen) atoms. The summed E-state index contributed by atoms with van der Waals surface area (Å²) in [5, 5.41) is 9.01. The zero-order valence-corrected chi connectivity index (χ0v) is 11.2. The highest BCUT2D eigenvalue weighted by molar-refractivity contribution is 6.69. The van der Waals surface area contributed by atoms with E-state index in [9.17, 15) is 4.39 Å². The molecular weight excluding hydrogens is 245 g/mol. The molecule has 0 heterocycles. The third-order valence-corrected chi connectivity index (χ3v) is 3.09. The Kier molecular flexibility index (Phi) is 4.08.